The Morgan fingerprint density at radius 1 is 1.55 bits per heavy atom. The standard InChI is InChI=1S/C15H25N3OS/c1-3-16-14(17-11-15(12-19)7-8-15)18(2)9-6-13-5-4-10-20-13/h4-5,10,19H,3,6-9,11-12H2,1-2H3,(H,16,17). The van der Waals surface area contributed by atoms with Crippen molar-refractivity contribution in [1.29, 1.82) is 0 Å². The van der Waals surface area contributed by atoms with E-state index in [-0.39, 0.29) is 12.0 Å². The normalized spacial score (nSPS) is 17.1. The van der Waals surface area contributed by atoms with E-state index in [4.69, 9.17) is 4.99 Å². The Bertz CT molecular complexity index is 426. The van der Waals surface area contributed by atoms with Crippen LogP contribution in [0.5, 0.6) is 0 Å². The second-order valence-corrected chi connectivity index (χ2v) is 6.61. The van der Waals surface area contributed by atoms with E-state index in [1.54, 1.807) is 11.3 Å². The first-order valence-corrected chi connectivity index (χ1v) is 8.20. The van der Waals surface area contributed by atoms with E-state index in [0.717, 1.165) is 44.9 Å². The van der Waals surface area contributed by atoms with Gasteiger partial charge >= 0.3 is 0 Å². The maximum absolute atomic E-state index is 9.36. The molecule has 4 nitrogen and oxygen atoms in total. The van der Waals surface area contributed by atoms with Crippen LogP contribution in [0.15, 0.2) is 22.5 Å². The number of aliphatic hydroxyl groups excluding tert-OH is 1. The van der Waals surface area contributed by atoms with E-state index in [9.17, 15) is 5.11 Å². The molecule has 2 N–H and O–H groups in total. The third kappa shape index (κ3) is 4.21. The van der Waals surface area contributed by atoms with Crippen LogP contribution in [0.4, 0.5) is 0 Å². The number of hydrogen-bond donors (Lipinski definition) is 2. The van der Waals surface area contributed by atoms with Crippen LogP contribution in [-0.4, -0.2) is 49.3 Å². The molecular formula is C15H25N3OS. The van der Waals surface area contributed by atoms with Gasteiger partial charge < -0.3 is 15.3 Å². The van der Waals surface area contributed by atoms with Gasteiger partial charge in [-0.15, -0.1) is 11.3 Å². The minimum absolute atomic E-state index is 0.0786. The summed E-state index contributed by atoms with van der Waals surface area (Å²) in [4.78, 5) is 8.27. The van der Waals surface area contributed by atoms with Gasteiger partial charge in [-0.05, 0) is 37.6 Å². The topological polar surface area (TPSA) is 47.9 Å². The minimum atomic E-state index is 0.0786. The molecule has 0 unspecified atom stereocenters. The highest BCUT2D eigenvalue weighted by atomic mass is 32.1. The van der Waals surface area contributed by atoms with Gasteiger partial charge in [0.05, 0.1) is 13.2 Å². The van der Waals surface area contributed by atoms with Crippen molar-refractivity contribution in [2.24, 2.45) is 10.4 Å². The summed E-state index contributed by atoms with van der Waals surface area (Å²) in [5.74, 6) is 0.948. The number of guanidine groups is 1. The first-order valence-electron chi connectivity index (χ1n) is 7.32. The molecule has 0 amide bonds. The molecule has 20 heavy (non-hydrogen) atoms. The van der Waals surface area contributed by atoms with Crippen molar-refractivity contribution in [2.75, 3.05) is 33.3 Å². The molecule has 0 atom stereocenters. The maximum Gasteiger partial charge on any atom is 0.193 e. The zero-order valence-corrected chi connectivity index (χ0v) is 13.2. The van der Waals surface area contributed by atoms with Crippen LogP contribution in [0.3, 0.4) is 0 Å². The van der Waals surface area contributed by atoms with Crippen molar-refractivity contribution < 1.29 is 5.11 Å². The van der Waals surface area contributed by atoms with Crippen LogP contribution in [0, 0.1) is 5.41 Å². The van der Waals surface area contributed by atoms with E-state index >= 15 is 0 Å². The van der Waals surface area contributed by atoms with Crippen molar-refractivity contribution in [3.63, 3.8) is 0 Å². The van der Waals surface area contributed by atoms with Crippen molar-refractivity contribution in [2.45, 2.75) is 26.2 Å². The average molecular weight is 295 g/mol. The lowest BCUT2D eigenvalue weighted by atomic mass is 10.1. The van der Waals surface area contributed by atoms with Crippen LogP contribution in [0.25, 0.3) is 0 Å². The highest BCUT2D eigenvalue weighted by molar-refractivity contribution is 7.09. The summed E-state index contributed by atoms with van der Waals surface area (Å²) in [5, 5.41) is 14.8. The Morgan fingerprint density at radius 3 is 2.90 bits per heavy atom. The Hall–Kier alpha value is -1.07. The number of aliphatic imine (C=N–C) groups is 1. The van der Waals surface area contributed by atoms with Gasteiger partial charge in [-0.2, -0.15) is 0 Å². The second kappa shape index (κ2) is 7.09. The predicted octanol–water partition coefficient (Wildman–Crippen LogP) is 1.96. The first kappa shape index (κ1) is 15.3. The number of hydrogen-bond acceptors (Lipinski definition) is 3. The third-order valence-electron chi connectivity index (χ3n) is 3.83. The summed E-state index contributed by atoms with van der Waals surface area (Å²) < 4.78 is 0. The highest BCUT2D eigenvalue weighted by Crippen LogP contribution is 2.45. The lowest BCUT2D eigenvalue weighted by Gasteiger charge is -2.22. The molecule has 2 rings (SSSR count). The lowest BCUT2D eigenvalue weighted by molar-refractivity contribution is 0.216. The number of nitrogens with one attached hydrogen (secondary N) is 1. The zero-order chi connectivity index (χ0) is 14.4. The molecule has 1 saturated carbocycles. The lowest BCUT2D eigenvalue weighted by Crippen LogP contribution is -2.40. The monoisotopic (exact) mass is 295 g/mol. The predicted molar refractivity (Wildman–Crippen MR) is 85.4 cm³/mol. The second-order valence-electron chi connectivity index (χ2n) is 5.58. The molecule has 0 spiro atoms. The average Bonchev–Trinajstić information content (AvgIpc) is 3.06. The molecule has 0 radical (unpaired) electrons. The van der Waals surface area contributed by atoms with Crippen molar-refractivity contribution in [1.82, 2.24) is 10.2 Å². The molecule has 1 aromatic heterocycles. The summed E-state index contributed by atoms with van der Waals surface area (Å²) in [6, 6.07) is 4.27. The minimum Gasteiger partial charge on any atom is -0.396 e. The summed E-state index contributed by atoms with van der Waals surface area (Å²) >= 11 is 1.80. The van der Waals surface area contributed by atoms with Crippen molar-refractivity contribution in [3.8, 4) is 0 Å². The summed E-state index contributed by atoms with van der Waals surface area (Å²) in [7, 11) is 2.08. The largest absolute Gasteiger partial charge is 0.396 e. The Morgan fingerprint density at radius 2 is 2.35 bits per heavy atom. The molecule has 0 saturated heterocycles. The van der Waals surface area contributed by atoms with Crippen LogP contribution < -0.4 is 5.32 Å². The van der Waals surface area contributed by atoms with Crippen molar-refractivity contribution in [3.05, 3.63) is 22.4 Å². The number of rotatable bonds is 7. The number of aliphatic hydroxyl groups is 1. The van der Waals surface area contributed by atoms with E-state index in [2.05, 4.69) is 41.7 Å². The van der Waals surface area contributed by atoms with Gasteiger partial charge in [-0.25, -0.2) is 0 Å². The highest BCUT2D eigenvalue weighted by Gasteiger charge is 2.41. The van der Waals surface area contributed by atoms with Gasteiger partial charge in [0.15, 0.2) is 5.96 Å². The SMILES string of the molecule is CCNC(=NCC1(CO)CC1)N(C)CCc1cccs1. The molecule has 0 aliphatic heterocycles. The van der Waals surface area contributed by atoms with E-state index in [1.165, 1.54) is 4.88 Å². The van der Waals surface area contributed by atoms with Crippen LogP contribution in [0.1, 0.15) is 24.6 Å². The molecular weight excluding hydrogens is 270 g/mol. The molecule has 1 aliphatic carbocycles. The van der Waals surface area contributed by atoms with Gasteiger partial charge in [0.2, 0.25) is 0 Å². The molecule has 0 bridgehead atoms. The van der Waals surface area contributed by atoms with Crippen molar-refractivity contribution >= 4 is 17.3 Å². The summed E-state index contributed by atoms with van der Waals surface area (Å²) in [6.07, 6.45) is 3.25. The Balaban J connectivity index is 1.87. The smallest absolute Gasteiger partial charge is 0.193 e. The molecule has 0 aromatic carbocycles. The van der Waals surface area contributed by atoms with Crippen LogP contribution in [-0.2, 0) is 6.42 Å². The molecule has 1 aromatic rings. The molecule has 1 heterocycles. The van der Waals surface area contributed by atoms with E-state index in [0.29, 0.717) is 0 Å². The number of nitrogens with zero attached hydrogens (tertiary/aromatic N) is 2. The maximum atomic E-state index is 9.36. The van der Waals surface area contributed by atoms with Crippen LogP contribution >= 0.6 is 11.3 Å². The number of thiophene rings is 1. The fourth-order valence-corrected chi connectivity index (χ4v) is 2.79. The molecule has 1 aliphatic rings. The van der Waals surface area contributed by atoms with Crippen LogP contribution in [0.2, 0.25) is 0 Å². The fourth-order valence-electron chi connectivity index (χ4n) is 2.09. The molecule has 1 fully saturated rings. The Kier molecular flexibility index (Phi) is 5.43. The fraction of sp³-hybridized carbons (Fsp3) is 0.667. The first-order chi connectivity index (χ1) is 9.69. The zero-order valence-electron chi connectivity index (χ0n) is 12.4. The molecule has 112 valence electrons. The van der Waals surface area contributed by atoms with Gasteiger partial charge in [0.25, 0.3) is 0 Å². The van der Waals surface area contributed by atoms with Gasteiger partial charge in [0, 0.05) is 30.4 Å². The Labute approximate surface area is 125 Å². The molecule has 5 heteroatoms. The van der Waals surface area contributed by atoms with E-state index < -0.39 is 0 Å². The third-order valence-corrected chi connectivity index (χ3v) is 4.76. The van der Waals surface area contributed by atoms with Gasteiger partial charge in [-0.1, -0.05) is 6.07 Å². The van der Waals surface area contributed by atoms with Gasteiger partial charge in [0.1, 0.15) is 0 Å². The van der Waals surface area contributed by atoms with E-state index in [1.807, 2.05) is 0 Å². The quantitative estimate of drug-likeness (QED) is 0.597. The van der Waals surface area contributed by atoms with Gasteiger partial charge in [-0.3, -0.25) is 4.99 Å². The summed E-state index contributed by atoms with van der Waals surface area (Å²) in [6.45, 7) is 4.90. The number of likely N-dealkylation sites (N-methyl/N-ethyl adjacent to an activating group) is 1. The summed E-state index contributed by atoms with van der Waals surface area (Å²) in [5.41, 5.74) is 0.0786.